The number of ketones is 1. The van der Waals surface area contributed by atoms with Crippen LogP contribution in [-0.2, 0) is 30.3 Å². The van der Waals surface area contributed by atoms with Crippen LogP contribution in [0.2, 0.25) is 0 Å². The van der Waals surface area contributed by atoms with E-state index in [1.54, 1.807) is 39.0 Å². The highest BCUT2D eigenvalue weighted by Gasteiger charge is 2.65. The molecule has 3 spiro atoms. The number of fused-ring (bicyclic) bond motifs is 18. The summed E-state index contributed by atoms with van der Waals surface area (Å²) in [4.78, 5) is 27.7. The van der Waals surface area contributed by atoms with E-state index in [0.717, 1.165) is 142 Å². The molecule has 18 aliphatic rings. The van der Waals surface area contributed by atoms with E-state index >= 15 is 0 Å². The molecule has 3 N–H and O–H groups in total. The maximum Gasteiger partial charge on any atom is 0.410 e. The molecular formula is C93H137N3O7. The first-order valence-electron chi connectivity index (χ1n) is 43.2. The van der Waals surface area contributed by atoms with Gasteiger partial charge in [0.05, 0.1) is 47.3 Å². The van der Waals surface area contributed by atoms with Crippen LogP contribution in [0.4, 0.5) is 4.79 Å². The molecule has 10 nitrogen and oxygen atoms in total. The smallest absolute Gasteiger partial charge is 0.410 e. The molecule has 0 bridgehead atoms. The van der Waals surface area contributed by atoms with Crippen LogP contribution in [0.1, 0.15) is 270 Å². The largest absolute Gasteiger partial charge is 0.445 e. The molecular weight excluding hydrogens is 1270 g/mol. The molecule has 6 heterocycles. The third-order valence-corrected chi connectivity index (χ3v) is 34.5. The number of piperidine rings is 3. The highest BCUT2D eigenvalue weighted by molar-refractivity contribution is 5.91. The molecule has 103 heavy (non-hydrogen) atoms. The number of amides is 1. The van der Waals surface area contributed by atoms with Gasteiger partial charge in [-0.2, -0.15) is 0 Å². The lowest BCUT2D eigenvalue weighted by molar-refractivity contribution is -0.116. The van der Waals surface area contributed by atoms with E-state index in [1.165, 1.54) is 120 Å². The maximum absolute atomic E-state index is 13.5. The molecule has 1 amide bonds. The highest BCUT2D eigenvalue weighted by Crippen LogP contribution is 2.69. The van der Waals surface area contributed by atoms with Crippen molar-refractivity contribution in [1.29, 1.82) is 0 Å². The first kappa shape index (κ1) is 73.5. The minimum atomic E-state index is -0.241. The molecule has 29 atom stereocenters. The number of carbonyl (C=O) groups excluding carboxylic acids is 2. The second-order valence-electron chi connectivity index (χ2n) is 39.5. The molecule has 19 rings (SSSR count). The summed E-state index contributed by atoms with van der Waals surface area (Å²) in [5.41, 5.74) is 16.7. The van der Waals surface area contributed by atoms with Crippen LogP contribution in [0.15, 0.2) is 98.7 Å². The van der Waals surface area contributed by atoms with E-state index in [2.05, 4.69) is 113 Å². The normalized spacial score (nSPS) is 48.7. The van der Waals surface area contributed by atoms with E-state index < -0.39 is 0 Å². The summed E-state index contributed by atoms with van der Waals surface area (Å²) in [6.07, 6.45) is 37.6. The Labute approximate surface area is 622 Å². The molecule has 6 saturated heterocycles. The number of allylic oxidation sites excluding steroid dienone is 8. The van der Waals surface area contributed by atoms with Gasteiger partial charge in [-0.25, -0.2) is 4.79 Å². The summed E-state index contributed by atoms with van der Waals surface area (Å²) in [5.74, 6) is 11.5. The van der Waals surface area contributed by atoms with Crippen molar-refractivity contribution in [1.82, 2.24) is 15.5 Å². The summed E-state index contributed by atoms with van der Waals surface area (Å²) in [5, 5.41) is 18.0. The number of hydrogen-bond donors (Lipinski definition) is 3. The first-order chi connectivity index (χ1) is 49.3. The van der Waals surface area contributed by atoms with Gasteiger partial charge in [-0.05, 0) is 304 Å². The van der Waals surface area contributed by atoms with Gasteiger partial charge in [-0.3, -0.25) is 4.79 Å². The Morgan fingerprint density at radius 3 is 1.77 bits per heavy atom. The highest BCUT2D eigenvalue weighted by atomic mass is 16.6. The fraction of sp³-hybridized carbons (Fsp3) is 0.785. The summed E-state index contributed by atoms with van der Waals surface area (Å²) >= 11 is 0. The second kappa shape index (κ2) is 27.7. The minimum absolute atomic E-state index is 0.0222. The van der Waals surface area contributed by atoms with Crippen LogP contribution >= 0.6 is 0 Å². The molecule has 6 saturated carbocycles. The zero-order valence-corrected chi connectivity index (χ0v) is 66.7. The van der Waals surface area contributed by atoms with Crippen LogP contribution in [0.25, 0.3) is 0 Å². The summed E-state index contributed by atoms with van der Waals surface area (Å²) in [6, 6.07) is 11.2. The van der Waals surface area contributed by atoms with Gasteiger partial charge >= 0.3 is 6.09 Å². The van der Waals surface area contributed by atoms with Gasteiger partial charge in [0.1, 0.15) is 6.61 Å². The van der Waals surface area contributed by atoms with Crippen LogP contribution in [0.3, 0.4) is 0 Å². The topological polar surface area (TPSA) is 119 Å². The molecule has 10 heteroatoms. The number of aliphatic hydroxyl groups is 1. The number of benzene rings is 1. The zero-order valence-electron chi connectivity index (χ0n) is 66.7. The van der Waals surface area contributed by atoms with E-state index in [4.69, 9.17) is 18.9 Å². The molecule has 566 valence electrons. The van der Waals surface area contributed by atoms with Crippen LogP contribution in [0, 0.1) is 111 Å². The fourth-order valence-corrected chi connectivity index (χ4v) is 28.8. The molecule has 1 aromatic carbocycles. The Morgan fingerprint density at radius 1 is 0.563 bits per heavy atom. The minimum Gasteiger partial charge on any atom is -0.445 e. The lowest BCUT2D eigenvalue weighted by Gasteiger charge is -2.49. The van der Waals surface area contributed by atoms with Crippen LogP contribution < -0.4 is 10.6 Å². The van der Waals surface area contributed by atoms with Gasteiger partial charge in [-0.15, -0.1) is 0 Å². The predicted octanol–water partition coefficient (Wildman–Crippen LogP) is 20.0. The van der Waals surface area contributed by atoms with Gasteiger partial charge < -0.3 is 39.6 Å². The number of ether oxygens (including phenoxy) is 4. The van der Waals surface area contributed by atoms with Crippen molar-refractivity contribution in [3.63, 3.8) is 0 Å². The van der Waals surface area contributed by atoms with Crippen molar-refractivity contribution < 1.29 is 33.6 Å². The van der Waals surface area contributed by atoms with E-state index in [9.17, 15) is 14.7 Å². The third kappa shape index (κ3) is 12.0. The van der Waals surface area contributed by atoms with Crippen molar-refractivity contribution in [3.05, 3.63) is 104 Å². The molecule has 12 fully saturated rings. The molecule has 0 unspecified atom stereocenters. The second-order valence-corrected chi connectivity index (χ2v) is 39.5. The zero-order chi connectivity index (χ0) is 72.2. The average Bonchev–Trinajstić information content (AvgIpc) is 1.56. The number of hydrogen-bond acceptors (Lipinski definition) is 9. The van der Waals surface area contributed by atoms with Crippen molar-refractivity contribution >= 4 is 11.9 Å². The van der Waals surface area contributed by atoms with E-state index in [-0.39, 0.29) is 52.5 Å². The van der Waals surface area contributed by atoms with Crippen LogP contribution in [-0.4, -0.2) is 101 Å². The lowest BCUT2D eigenvalue weighted by atomic mass is 9.55. The Hall–Kier alpha value is -3.64. The monoisotopic (exact) mass is 1410 g/mol. The number of carbonyl (C=O) groups is 2. The van der Waals surface area contributed by atoms with Gasteiger partial charge in [-0.1, -0.05) is 165 Å². The Bertz CT molecular complexity index is 3600. The van der Waals surface area contributed by atoms with Gasteiger partial charge in [0, 0.05) is 42.8 Å². The number of rotatable bonds is 2. The SMILES string of the molecule is CC.CC1=C2C[C@H]3[C@@H](CC=C4C[C@@H](C)CC[C@@]43C)[C@@H]2CC[C@]12O[C@@H]1C[C@H](C)CN(C(=O)OCc3ccccc3)[C@H]1[C@H]2C.CC1=C2C[C@H]3[C@@H](CC=C4C[C@@H](O)CC[C@@]43C)[C@@H]2CC[C@]12O[C@@H]1C[C@H](C)CN[C@H]1[C@H]2C.CC1=C2C[C@H]3[C@@H](CCC4=CC(=O)CC[C@@]43C)[C@@H]2CC[C@@]2(C1)O[C@@H]1C[C@H](C)CN[C@H]1[C@H]2C. The molecule has 0 aromatic heterocycles. The van der Waals surface area contributed by atoms with Gasteiger partial charge in [0.2, 0.25) is 0 Å². The van der Waals surface area contributed by atoms with Crippen LogP contribution in [0.5, 0.6) is 0 Å². The van der Waals surface area contributed by atoms with Gasteiger partial charge in [0.25, 0.3) is 0 Å². The number of nitrogens with zero attached hydrogens (tertiary/aromatic N) is 1. The van der Waals surface area contributed by atoms with E-state index in [1.807, 2.05) is 55.2 Å². The standard InChI is InChI=1S/C36H49NO3.C28H41NO2.C27H41NO2.C2H6/c1-22-13-15-35(5)27(17-22)11-12-29-28-14-16-36(24(3)30(28)19-31(29)35)25(4)33-32(40-36)18-23(2)20-37(33)34(38)39-21-26-9-7-6-8-10-26;1-16-11-25-26(29-15-16)18(3)28(31-25)10-8-21-22-6-5-19-12-20(30)7-9-27(19,4)24(22)13-23(21)17(2)14-28;1-15-11-24-25(28-14-15)17(3)27(30-24)10-8-20-21-6-5-18-12-19(29)7-9-26(18,4)23(21)13-22(20)16(27)2;1-2/h6-11,22-23,25,28-29,31-33H,12-21H2,1-5H3;12,16,18,21-22,24-26,29H,5-11,13-15H2,1-4H3;5,15,17,19-21,23-25,28-29H,6-14H2,1-4H3;1-2H3/t22-,23-,25+,28-,29-,31-,32+,33-,35-,36-;16-,18+,21-,22-,24-,25+,26-,27-,28-;15-,17+,19-,20-,21-,23-,24+,25-,26-,27-;/m000./s1. The lowest BCUT2D eigenvalue weighted by Crippen LogP contribution is -2.54. The first-order valence-corrected chi connectivity index (χ1v) is 43.2. The van der Waals surface area contributed by atoms with Crippen molar-refractivity contribution in [2.75, 3.05) is 19.6 Å². The average molecular weight is 1410 g/mol. The fourth-order valence-electron chi connectivity index (χ4n) is 28.8. The number of nitrogens with one attached hydrogen (secondary N) is 2. The molecule has 12 aliphatic carbocycles. The summed E-state index contributed by atoms with van der Waals surface area (Å²) in [7, 11) is 0. The quantitative estimate of drug-likeness (QED) is 0.249. The Kier molecular flexibility index (Phi) is 19.8. The molecule has 0 radical (unpaired) electrons. The molecule has 6 aliphatic heterocycles. The molecule has 1 aromatic rings. The predicted molar refractivity (Wildman–Crippen MR) is 414 cm³/mol. The third-order valence-electron chi connectivity index (χ3n) is 34.5. The van der Waals surface area contributed by atoms with E-state index in [0.29, 0.717) is 71.2 Å². The van der Waals surface area contributed by atoms with Crippen molar-refractivity contribution in [3.8, 4) is 0 Å². The Morgan fingerprint density at radius 2 is 1.11 bits per heavy atom. The summed E-state index contributed by atoms with van der Waals surface area (Å²) < 4.78 is 27.1. The van der Waals surface area contributed by atoms with Crippen molar-refractivity contribution in [2.24, 2.45) is 111 Å². The van der Waals surface area contributed by atoms with Crippen molar-refractivity contribution in [2.45, 2.75) is 330 Å². The maximum atomic E-state index is 13.5. The Balaban J connectivity index is 0.000000119. The number of aliphatic hydroxyl groups excluding tert-OH is 1. The number of likely N-dealkylation sites (tertiary alicyclic amines) is 1. The summed E-state index contributed by atoms with van der Waals surface area (Å²) in [6.45, 7) is 39.0. The van der Waals surface area contributed by atoms with Gasteiger partial charge in [0.15, 0.2) is 5.78 Å².